The number of rotatable bonds is 18. The summed E-state index contributed by atoms with van der Waals surface area (Å²) in [5, 5.41) is 12.5. The zero-order valence-electron chi connectivity index (χ0n) is 41.6. The molecule has 0 spiro atoms. The molecule has 0 unspecified atom stereocenters. The average molecular weight is 1050 g/mol. The van der Waals surface area contributed by atoms with E-state index in [1.54, 1.807) is 78.9 Å². The van der Waals surface area contributed by atoms with Crippen LogP contribution in [0.1, 0.15) is 54.1 Å². The Bertz CT molecular complexity index is 3870. The van der Waals surface area contributed by atoms with E-state index in [0.717, 1.165) is 50.1 Å². The molecular formula is C65H48O10S2. The molecule has 0 heterocycles. The summed E-state index contributed by atoms with van der Waals surface area (Å²) in [4.78, 5) is 27.1. The van der Waals surface area contributed by atoms with Gasteiger partial charge in [-0.15, -0.1) is 4.33 Å². The average Bonchev–Trinajstić information content (AvgIpc) is 3.48. The SMILES string of the molecule is Cc1ccc(C(=O)c2ccc(Oc3ccc(-c4ccc(Oc5ccc(C(=O)c6ccc(Cc7ccc(-c8ccc(C)cc8SOOO)c(S(=O)(=O)O)c7)cc6)cc5)c(-c5ccccc5)c4)cc3-c3ccccc3)cc2)cc1. The van der Waals surface area contributed by atoms with Gasteiger partial charge < -0.3 is 9.47 Å². The fraction of sp³-hybridized carbons (Fsp3) is 0.0462. The minimum absolute atomic E-state index is 0.0519. The predicted molar refractivity (Wildman–Crippen MR) is 300 cm³/mol. The van der Waals surface area contributed by atoms with Crippen LogP contribution in [-0.4, -0.2) is 29.8 Å². The van der Waals surface area contributed by atoms with Gasteiger partial charge >= 0.3 is 0 Å². The molecule has 10 nitrogen and oxygen atoms in total. The molecule has 10 rings (SSSR count). The number of carbonyl (C=O) groups excluding carboxylic acids is 2. The standard InChI is InChI=1S/C65H48O10S2/c1-42-13-19-48(20-14-42)64(66)50-23-29-54(30-24-50)72-60-35-27-52(40-58(60)46-9-5-3-6-10-46)53-28-36-61(59(41-53)47-11-7-4-8-12-47)73-55-31-25-51(26-32-55)65(67)49-21-16-44(17-22-49)38-45-18-34-57(63(39-45)77(69,70)71)56-33-15-43(2)37-62(56)76-75-74-68/h3-37,39-41,68H,38H2,1-2H3,(H,69,70,71). The van der Waals surface area contributed by atoms with Crippen LogP contribution in [0, 0.1) is 13.8 Å². The van der Waals surface area contributed by atoms with Crippen LogP contribution >= 0.6 is 12.0 Å². The lowest BCUT2D eigenvalue weighted by molar-refractivity contribution is -0.432. The number of benzene rings is 10. The molecule has 0 aromatic heterocycles. The molecule has 0 radical (unpaired) electrons. The molecule has 0 bridgehead atoms. The van der Waals surface area contributed by atoms with E-state index in [4.69, 9.17) is 14.7 Å². The van der Waals surface area contributed by atoms with Crippen molar-refractivity contribution in [3.05, 3.63) is 275 Å². The van der Waals surface area contributed by atoms with Crippen LogP contribution in [0.4, 0.5) is 0 Å². The van der Waals surface area contributed by atoms with E-state index in [0.29, 0.717) is 79.7 Å². The number of ether oxygens (including phenoxy) is 2. The summed E-state index contributed by atoms with van der Waals surface area (Å²) in [5.41, 5.74) is 11.8. The predicted octanol–water partition coefficient (Wildman–Crippen LogP) is 16.3. The first kappa shape index (κ1) is 51.8. The lowest BCUT2D eigenvalue weighted by atomic mass is 9.95. The van der Waals surface area contributed by atoms with Crippen molar-refractivity contribution < 1.29 is 46.7 Å². The highest BCUT2D eigenvalue weighted by molar-refractivity contribution is 7.94. The van der Waals surface area contributed by atoms with Gasteiger partial charge in [0.05, 0.1) is 12.0 Å². The zero-order valence-corrected chi connectivity index (χ0v) is 43.3. The number of aryl methyl sites for hydroxylation is 2. The van der Waals surface area contributed by atoms with E-state index in [-0.39, 0.29) is 22.0 Å². The summed E-state index contributed by atoms with van der Waals surface area (Å²) < 4.78 is 53.3. The van der Waals surface area contributed by atoms with E-state index in [1.165, 1.54) is 6.07 Å². The molecule has 0 aliphatic rings. The van der Waals surface area contributed by atoms with E-state index < -0.39 is 10.1 Å². The van der Waals surface area contributed by atoms with Crippen molar-refractivity contribution in [1.82, 2.24) is 0 Å². The van der Waals surface area contributed by atoms with Gasteiger partial charge in [-0.25, -0.2) is 5.26 Å². The maximum Gasteiger partial charge on any atom is 0.295 e. The van der Waals surface area contributed by atoms with Crippen molar-refractivity contribution in [3.63, 3.8) is 0 Å². The quantitative estimate of drug-likeness (QED) is 0.0278. The van der Waals surface area contributed by atoms with Crippen molar-refractivity contribution in [1.29, 1.82) is 0 Å². The minimum Gasteiger partial charge on any atom is -0.457 e. The van der Waals surface area contributed by atoms with Gasteiger partial charge in [0.1, 0.15) is 27.9 Å². The van der Waals surface area contributed by atoms with Crippen molar-refractivity contribution in [3.8, 4) is 67.5 Å². The summed E-state index contributed by atoms with van der Waals surface area (Å²) in [6.45, 7) is 3.84. The molecule has 0 atom stereocenters. The molecule has 380 valence electrons. The van der Waals surface area contributed by atoms with Crippen LogP contribution in [0.15, 0.2) is 240 Å². The van der Waals surface area contributed by atoms with E-state index >= 15 is 0 Å². The molecule has 0 aliphatic carbocycles. The molecule has 77 heavy (non-hydrogen) atoms. The molecule has 0 amide bonds. The van der Waals surface area contributed by atoms with Crippen LogP contribution in [0.3, 0.4) is 0 Å². The topological polar surface area (TPSA) is 146 Å². The summed E-state index contributed by atoms with van der Waals surface area (Å²) in [6.07, 6.45) is 0.319. The Morgan fingerprint density at radius 2 is 0.883 bits per heavy atom. The highest BCUT2D eigenvalue weighted by Gasteiger charge is 2.22. The molecule has 12 heteroatoms. The maximum absolute atomic E-state index is 13.8. The molecule has 2 N–H and O–H groups in total. The smallest absolute Gasteiger partial charge is 0.295 e. The van der Waals surface area contributed by atoms with Crippen LogP contribution < -0.4 is 9.47 Å². The van der Waals surface area contributed by atoms with E-state index in [9.17, 15) is 22.6 Å². The second-order valence-corrected chi connectivity index (χ2v) is 20.5. The first-order chi connectivity index (χ1) is 37.4. The van der Waals surface area contributed by atoms with Gasteiger partial charge in [-0.3, -0.25) is 14.1 Å². The maximum atomic E-state index is 13.8. The first-order valence-corrected chi connectivity index (χ1v) is 26.6. The summed E-state index contributed by atoms with van der Waals surface area (Å²) in [5.74, 6) is 2.20. The normalized spacial score (nSPS) is 11.3. The van der Waals surface area contributed by atoms with Crippen molar-refractivity contribution >= 4 is 33.7 Å². The first-order valence-electron chi connectivity index (χ1n) is 24.4. The monoisotopic (exact) mass is 1050 g/mol. The molecule has 10 aromatic rings. The van der Waals surface area contributed by atoms with Crippen LogP contribution in [0.25, 0.3) is 44.5 Å². The molecular weight excluding hydrogens is 1000 g/mol. The van der Waals surface area contributed by atoms with Gasteiger partial charge in [-0.2, -0.15) is 8.42 Å². The van der Waals surface area contributed by atoms with Crippen molar-refractivity contribution in [2.75, 3.05) is 0 Å². The number of hydrogen-bond donors (Lipinski definition) is 2. The van der Waals surface area contributed by atoms with Crippen LogP contribution in [-0.2, 0) is 25.9 Å². The highest BCUT2D eigenvalue weighted by atomic mass is 32.2. The zero-order chi connectivity index (χ0) is 53.5. The number of hydrogen-bond acceptors (Lipinski definition) is 10. The third-order valence-corrected chi connectivity index (χ3v) is 14.5. The third-order valence-electron chi connectivity index (χ3n) is 13.0. The minimum atomic E-state index is -4.66. The third kappa shape index (κ3) is 12.2. The van der Waals surface area contributed by atoms with E-state index in [2.05, 4.69) is 21.5 Å². The lowest BCUT2D eigenvalue weighted by Crippen LogP contribution is -2.04. The van der Waals surface area contributed by atoms with Crippen LogP contribution in [0.2, 0.25) is 0 Å². The Morgan fingerprint density at radius 3 is 1.36 bits per heavy atom. The Kier molecular flexibility index (Phi) is 15.5. The van der Waals surface area contributed by atoms with Gasteiger partial charge in [-0.05, 0) is 150 Å². The second-order valence-electron chi connectivity index (χ2n) is 18.3. The van der Waals surface area contributed by atoms with E-state index in [1.807, 2.05) is 147 Å². The molecule has 0 aliphatic heterocycles. The molecule has 0 saturated carbocycles. The fourth-order valence-corrected chi connectivity index (χ4v) is 10.4. The molecule has 10 aromatic carbocycles. The lowest BCUT2D eigenvalue weighted by Gasteiger charge is -2.16. The fourth-order valence-electron chi connectivity index (χ4n) is 9.02. The Morgan fingerprint density at radius 1 is 0.442 bits per heavy atom. The van der Waals surface area contributed by atoms with Crippen molar-refractivity contribution in [2.24, 2.45) is 0 Å². The second kappa shape index (κ2) is 23.0. The van der Waals surface area contributed by atoms with Gasteiger partial charge in [-0.1, -0.05) is 156 Å². The Labute approximate surface area is 450 Å². The molecule has 0 fully saturated rings. The van der Waals surface area contributed by atoms with Gasteiger partial charge in [0.15, 0.2) is 11.6 Å². The Balaban J connectivity index is 0.853. The van der Waals surface area contributed by atoms with Gasteiger partial charge in [0.2, 0.25) is 0 Å². The van der Waals surface area contributed by atoms with Crippen LogP contribution in [0.5, 0.6) is 23.0 Å². The van der Waals surface area contributed by atoms with Gasteiger partial charge in [0, 0.05) is 43.8 Å². The molecule has 0 saturated heterocycles. The highest BCUT2D eigenvalue weighted by Crippen LogP contribution is 2.42. The summed E-state index contributed by atoms with van der Waals surface area (Å²) in [6, 6.07) is 71.1. The Hall–Kier alpha value is -8.72. The number of carbonyl (C=O) groups is 2. The summed E-state index contributed by atoms with van der Waals surface area (Å²) >= 11 is 0.694. The largest absolute Gasteiger partial charge is 0.457 e. The number of ketones is 2. The van der Waals surface area contributed by atoms with Gasteiger partial charge in [0.25, 0.3) is 10.1 Å². The van der Waals surface area contributed by atoms with Crippen molar-refractivity contribution in [2.45, 2.75) is 30.1 Å². The summed E-state index contributed by atoms with van der Waals surface area (Å²) in [7, 11) is -4.66.